The highest BCUT2D eigenvalue weighted by molar-refractivity contribution is 5.68. The monoisotopic (exact) mass is 356 g/mol. The number of carbonyl (C=O) groups excluding carboxylic acids is 3. The van der Waals surface area contributed by atoms with Crippen LogP contribution in [-0.4, -0.2) is 52.6 Å². The number of nitrogens with zero attached hydrogens (tertiary/aromatic N) is 2. The Balaban J connectivity index is 2.35. The molecule has 0 saturated carbocycles. The highest BCUT2D eigenvalue weighted by Gasteiger charge is 2.51. The molecule has 1 aromatic heterocycles. The maximum Gasteiger partial charge on any atom is 0.303 e. The van der Waals surface area contributed by atoms with Crippen molar-refractivity contribution in [2.75, 3.05) is 18.1 Å². The van der Waals surface area contributed by atoms with Crippen LogP contribution in [0.5, 0.6) is 0 Å². The predicted octanol–water partition coefficient (Wildman–Crippen LogP) is -0.629. The Hall–Kier alpha value is -2.82. The molecule has 1 aliphatic rings. The second-order valence-corrected chi connectivity index (χ2v) is 5.45. The molecule has 11 nitrogen and oxygen atoms in total. The lowest BCUT2D eigenvalue weighted by Gasteiger charge is -2.23. The summed E-state index contributed by atoms with van der Waals surface area (Å²) in [5.74, 6) is -1.69. The zero-order valence-corrected chi connectivity index (χ0v) is 14.0. The zero-order chi connectivity index (χ0) is 18.7. The van der Waals surface area contributed by atoms with E-state index < -0.39 is 42.4 Å². The zero-order valence-electron chi connectivity index (χ0n) is 14.0. The highest BCUT2D eigenvalue weighted by Crippen LogP contribution is 2.36. The highest BCUT2D eigenvalue weighted by atomic mass is 16.7. The molecule has 0 aromatic carbocycles. The van der Waals surface area contributed by atoms with Gasteiger partial charge in [-0.1, -0.05) is 0 Å². The van der Waals surface area contributed by atoms with Crippen LogP contribution in [0.25, 0.3) is 0 Å². The lowest BCUT2D eigenvalue weighted by atomic mass is 10.1. The molecule has 11 heteroatoms. The molecule has 1 fully saturated rings. The van der Waals surface area contributed by atoms with Gasteiger partial charge in [0.15, 0.2) is 18.4 Å². The maximum atomic E-state index is 11.5. The maximum absolute atomic E-state index is 11.5. The van der Waals surface area contributed by atoms with Crippen LogP contribution in [0.15, 0.2) is 6.20 Å². The average molecular weight is 356 g/mol. The molecule has 2 rings (SSSR count). The van der Waals surface area contributed by atoms with Crippen LogP contribution in [0.4, 0.5) is 11.5 Å². The van der Waals surface area contributed by atoms with Crippen LogP contribution < -0.4 is 11.5 Å². The van der Waals surface area contributed by atoms with Crippen molar-refractivity contribution in [2.45, 2.75) is 45.3 Å². The Morgan fingerprint density at radius 3 is 2.20 bits per heavy atom. The van der Waals surface area contributed by atoms with E-state index in [1.54, 1.807) is 0 Å². The first-order valence-corrected chi connectivity index (χ1v) is 7.42. The quantitative estimate of drug-likeness (QED) is 0.514. The van der Waals surface area contributed by atoms with Gasteiger partial charge in [-0.05, 0) is 0 Å². The van der Waals surface area contributed by atoms with E-state index >= 15 is 0 Å². The Bertz CT molecular complexity index is 674. The first-order chi connectivity index (χ1) is 11.7. The number of carbonyl (C=O) groups is 3. The van der Waals surface area contributed by atoms with Gasteiger partial charge in [-0.25, -0.2) is 4.68 Å². The number of nitrogen functional groups attached to an aromatic ring is 2. The Morgan fingerprint density at radius 2 is 1.72 bits per heavy atom. The molecule has 2 heterocycles. The van der Waals surface area contributed by atoms with Crippen molar-refractivity contribution in [2.24, 2.45) is 0 Å². The van der Waals surface area contributed by atoms with E-state index in [1.807, 2.05) is 0 Å². The van der Waals surface area contributed by atoms with Gasteiger partial charge in [0.05, 0.1) is 11.9 Å². The molecule has 4 N–H and O–H groups in total. The van der Waals surface area contributed by atoms with Crippen molar-refractivity contribution in [3.8, 4) is 0 Å². The molecule has 1 aromatic rings. The van der Waals surface area contributed by atoms with Crippen molar-refractivity contribution in [1.82, 2.24) is 9.78 Å². The van der Waals surface area contributed by atoms with Gasteiger partial charge in [-0.3, -0.25) is 14.4 Å². The van der Waals surface area contributed by atoms with Crippen LogP contribution in [0.3, 0.4) is 0 Å². The van der Waals surface area contributed by atoms with E-state index in [-0.39, 0.29) is 18.1 Å². The van der Waals surface area contributed by atoms with E-state index in [9.17, 15) is 14.4 Å². The molecule has 0 radical (unpaired) electrons. The molecule has 0 spiro atoms. The number of aromatic nitrogens is 2. The molecule has 138 valence electrons. The summed E-state index contributed by atoms with van der Waals surface area (Å²) in [5.41, 5.74) is 11.7. The summed E-state index contributed by atoms with van der Waals surface area (Å²) in [7, 11) is 0. The third-order valence-corrected chi connectivity index (χ3v) is 3.45. The number of hydrogen-bond donors (Lipinski definition) is 2. The van der Waals surface area contributed by atoms with Crippen molar-refractivity contribution in [3.63, 3.8) is 0 Å². The summed E-state index contributed by atoms with van der Waals surface area (Å²) < 4.78 is 22.4. The van der Waals surface area contributed by atoms with Crippen molar-refractivity contribution >= 4 is 29.4 Å². The molecule has 0 aliphatic carbocycles. The smallest absolute Gasteiger partial charge is 0.303 e. The minimum atomic E-state index is -1.05. The second kappa shape index (κ2) is 7.38. The van der Waals surface area contributed by atoms with Crippen molar-refractivity contribution in [3.05, 3.63) is 6.20 Å². The number of ether oxygens (including phenoxy) is 4. The van der Waals surface area contributed by atoms with E-state index in [0.29, 0.717) is 0 Å². The Labute approximate surface area is 143 Å². The third-order valence-electron chi connectivity index (χ3n) is 3.45. The predicted molar refractivity (Wildman–Crippen MR) is 82.7 cm³/mol. The fourth-order valence-electron chi connectivity index (χ4n) is 2.48. The SMILES string of the molecule is CC(=O)OC[C@H]1O[C@@H](n2ncc(N)c2N)[C@H](OC(C)=O)[C@@H]1OC(C)=O. The largest absolute Gasteiger partial charge is 0.463 e. The normalized spacial score (nSPS) is 25.4. The molecule has 1 aliphatic heterocycles. The van der Waals surface area contributed by atoms with Gasteiger partial charge in [0.1, 0.15) is 18.5 Å². The molecule has 0 amide bonds. The topological polar surface area (TPSA) is 158 Å². The summed E-state index contributed by atoms with van der Waals surface area (Å²) in [5, 5.41) is 4.00. The first-order valence-electron chi connectivity index (χ1n) is 7.42. The molecular formula is C14H20N4O7. The summed E-state index contributed by atoms with van der Waals surface area (Å²) in [6.07, 6.45) is -2.65. The summed E-state index contributed by atoms with van der Waals surface area (Å²) in [6.45, 7) is 3.41. The van der Waals surface area contributed by atoms with Gasteiger partial charge in [-0.15, -0.1) is 0 Å². The molecule has 4 atom stereocenters. The van der Waals surface area contributed by atoms with E-state index in [4.69, 9.17) is 30.4 Å². The van der Waals surface area contributed by atoms with Gasteiger partial charge in [0.2, 0.25) is 0 Å². The molecule has 0 unspecified atom stereocenters. The number of nitrogens with two attached hydrogens (primary N) is 2. The van der Waals surface area contributed by atoms with E-state index in [2.05, 4.69) is 5.10 Å². The van der Waals surface area contributed by atoms with Crippen LogP contribution >= 0.6 is 0 Å². The number of esters is 3. The second-order valence-electron chi connectivity index (χ2n) is 5.45. The van der Waals surface area contributed by atoms with Crippen molar-refractivity contribution in [1.29, 1.82) is 0 Å². The lowest BCUT2D eigenvalue weighted by Crippen LogP contribution is -2.40. The summed E-state index contributed by atoms with van der Waals surface area (Å²) in [6, 6.07) is 0. The van der Waals surface area contributed by atoms with Gasteiger partial charge in [0.25, 0.3) is 0 Å². The van der Waals surface area contributed by atoms with Crippen molar-refractivity contribution < 1.29 is 33.3 Å². The van der Waals surface area contributed by atoms with Gasteiger partial charge in [-0.2, -0.15) is 5.10 Å². The Kier molecular flexibility index (Phi) is 5.47. The van der Waals surface area contributed by atoms with Crippen LogP contribution in [0.1, 0.15) is 27.0 Å². The minimum Gasteiger partial charge on any atom is -0.463 e. The van der Waals surface area contributed by atoms with Crippen LogP contribution in [0.2, 0.25) is 0 Å². The third kappa shape index (κ3) is 4.18. The fraction of sp³-hybridized carbons (Fsp3) is 0.571. The van der Waals surface area contributed by atoms with E-state index in [1.165, 1.54) is 31.6 Å². The number of anilines is 2. The average Bonchev–Trinajstić information content (AvgIpc) is 2.98. The van der Waals surface area contributed by atoms with E-state index in [0.717, 1.165) is 0 Å². The van der Waals surface area contributed by atoms with Gasteiger partial charge < -0.3 is 30.4 Å². The van der Waals surface area contributed by atoms with Crippen LogP contribution in [-0.2, 0) is 33.3 Å². The lowest BCUT2D eigenvalue weighted by molar-refractivity contribution is -0.166. The molecule has 25 heavy (non-hydrogen) atoms. The first kappa shape index (κ1) is 18.5. The number of rotatable bonds is 5. The fourth-order valence-corrected chi connectivity index (χ4v) is 2.48. The molecule has 1 saturated heterocycles. The number of hydrogen-bond acceptors (Lipinski definition) is 10. The van der Waals surface area contributed by atoms with Crippen LogP contribution in [0, 0.1) is 0 Å². The minimum absolute atomic E-state index is 0.0943. The molecular weight excluding hydrogens is 336 g/mol. The van der Waals surface area contributed by atoms with Gasteiger partial charge >= 0.3 is 17.9 Å². The Morgan fingerprint density at radius 1 is 1.12 bits per heavy atom. The summed E-state index contributed by atoms with van der Waals surface area (Å²) in [4.78, 5) is 34.0. The van der Waals surface area contributed by atoms with Gasteiger partial charge in [0, 0.05) is 20.8 Å². The molecule has 0 bridgehead atoms. The standard InChI is InChI=1S/C14H20N4O7/c1-6(19)22-5-10-11(23-7(2)20)12(24-8(3)21)14(25-10)18-13(16)9(15)4-17-18/h4,10-12,14H,5,15-16H2,1-3H3/t10-,11-,12-,14-/m1/s1. The summed E-state index contributed by atoms with van der Waals surface area (Å²) >= 11 is 0.